The van der Waals surface area contributed by atoms with Crippen LogP contribution in [0.3, 0.4) is 0 Å². The van der Waals surface area contributed by atoms with Crippen molar-refractivity contribution in [2.75, 3.05) is 31.0 Å². The van der Waals surface area contributed by atoms with E-state index in [0.29, 0.717) is 22.7 Å². The standard InChI is InChI=1S/C19H20N2O5/c1-13(22)21(16-9-4-5-10-17(16)25-2)12-18(23)20-15-8-6-7-14(11-15)19(24)26-3/h4-11H,12H2,1-3H3,(H,20,23). The van der Waals surface area contributed by atoms with Crippen molar-refractivity contribution in [3.63, 3.8) is 0 Å². The lowest BCUT2D eigenvalue weighted by molar-refractivity contribution is -0.120. The van der Waals surface area contributed by atoms with Crippen molar-refractivity contribution in [1.82, 2.24) is 0 Å². The minimum Gasteiger partial charge on any atom is -0.495 e. The summed E-state index contributed by atoms with van der Waals surface area (Å²) < 4.78 is 9.91. The van der Waals surface area contributed by atoms with Crippen molar-refractivity contribution < 1.29 is 23.9 Å². The number of carbonyl (C=O) groups is 3. The van der Waals surface area contributed by atoms with Gasteiger partial charge in [-0.3, -0.25) is 14.5 Å². The second kappa shape index (κ2) is 8.66. The van der Waals surface area contributed by atoms with E-state index in [-0.39, 0.29) is 12.5 Å². The molecule has 0 aromatic heterocycles. The fourth-order valence-corrected chi connectivity index (χ4v) is 2.40. The lowest BCUT2D eigenvalue weighted by Crippen LogP contribution is -2.36. The molecule has 0 heterocycles. The van der Waals surface area contributed by atoms with Crippen LogP contribution in [0, 0.1) is 0 Å². The predicted molar refractivity (Wildman–Crippen MR) is 97.4 cm³/mol. The summed E-state index contributed by atoms with van der Waals surface area (Å²) in [4.78, 5) is 37.3. The highest BCUT2D eigenvalue weighted by Gasteiger charge is 2.19. The fourth-order valence-electron chi connectivity index (χ4n) is 2.40. The summed E-state index contributed by atoms with van der Waals surface area (Å²) in [7, 11) is 2.78. The molecule has 26 heavy (non-hydrogen) atoms. The second-order valence-corrected chi connectivity index (χ2v) is 5.40. The minimum absolute atomic E-state index is 0.196. The van der Waals surface area contributed by atoms with Gasteiger partial charge < -0.3 is 14.8 Å². The molecule has 0 aliphatic heterocycles. The summed E-state index contributed by atoms with van der Waals surface area (Å²) >= 11 is 0. The highest BCUT2D eigenvalue weighted by atomic mass is 16.5. The lowest BCUT2D eigenvalue weighted by Gasteiger charge is -2.22. The number of methoxy groups -OCH3 is 2. The Bertz CT molecular complexity index is 819. The third-order valence-corrected chi connectivity index (χ3v) is 3.63. The van der Waals surface area contributed by atoms with Gasteiger partial charge in [-0.15, -0.1) is 0 Å². The van der Waals surface area contributed by atoms with Gasteiger partial charge in [0.2, 0.25) is 11.8 Å². The van der Waals surface area contributed by atoms with E-state index < -0.39 is 11.9 Å². The Hall–Kier alpha value is -3.35. The number of nitrogens with one attached hydrogen (secondary N) is 1. The van der Waals surface area contributed by atoms with Crippen LogP contribution in [0.1, 0.15) is 17.3 Å². The van der Waals surface area contributed by atoms with Crippen LogP contribution in [0.4, 0.5) is 11.4 Å². The van der Waals surface area contributed by atoms with Gasteiger partial charge in [0.15, 0.2) is 0 Å². The Balaban J connectivity index is 2.16. The Morgan fingerprint density at radius 3 is 2.42 bits per heavy atom. The number of hydrogen-bond donors (Lipinski definition) is 1. The van der Waals surface area contributed by atoms with Gasteiger partial charge in [0.1, 0.15) is 12.3 Å². The number of nitrogens with zero attached hydrogens (tertiary/aromatic N) is 1. The largest absolute Gasteiger partial charge is 0.495 e. The summed E-state index contributed by atoms with van der Waals surface area (Å²) in [5.74, 6) is -0.718. The van der Waals surface area contributed by atoms with E-state index in [4.69, 9.17) is 4.74 Å². The topological polar surface area (TPSA) is 84.9 Å². The molecule has 0 unspecified atom stereocenters. The summed E-state index contributed by atoms with van der Waals surface area (Å²) in [6, 6.07) is 13.3. The van der Waals surface area contributed by atoms with Crippen molar-refractivity contribution in [2.45, 2.75) is 6.92 Å². The van der Waals surface area contributed by atoms with Gasteiger partial charge in [0.25, 0.3) is 0 Å². The average Bonchev–Trinajstić information content (AvgIpc) is 2.65. The summed E-state index contributed by atoms with van der Waals surface area (Å²) in [6.45, 7) is 1.18. The second-order valence-electron chi connectivity index (χ2n) is 5.40. The van der Waals surface area contributed by atoms with Gasteiger partial charge >= 0.3 is 5.97 Å². The van der Waals surface area contributed by atoms with Crippen LogP contribution in [-0.2, 0) is 14.3 Å². The molecule has 2 aromatic rings. The first-order valence-electron chi connectivity index (χ1n) is 7.85. The Morgan fingerprint density at radius 2 is 1.77 bits per heavy atom. The Morgan fingerprint density at radius 1 is 1.04 bits per heavy atom. The Labute approximate surface area is 151 Å². The van der Waals surface area contributed by atoms with Crippen molar-refractivity contribution >= 4 is 29.2 Å². The maximum absolute atomic E-state index is 12.4. The lowest BCUT2D eigenvalue weighted by atomic mass is 10.2. The van der Waals surface area contributed by atoms with Crippen LogP contribution in [-0.4, -0.2) is 38.5 Å². The molecule has 0 saturated heterocycles. The fraction of sp³-hybridized carbons (Fsp3) is 0.211. The van der Waals surface area contributed by atoms with E-state index in [2.05, 4.69) is 10.1 Å². The van der Waals surface area contributed by atoms with E-state index in [9.17, 15) is 14.4 Å². The molecule has 0 aliphatic carbocycles. The maximum atomic E-state index is 12.4. The molecule has 2 aromatic carbocycles. The third-order valence-electron chi connectivity index (χ3n) is 3.63. The Kier molecular flexibility index (Phi) is 6.32. The molecule has 2 amide bonds. The molecule has 136 valence electrons. The van der Waals surface area contributed by atoms with Gasteiger partial charge in [0.05, 0.1) is 25.5 Å². The summed E-state index contributed by atoms with van der Waals surface area (Å²) in [5, 5.41) is 2.67. The van der Waals surface area contributed by atoms with Crippen LogP contribution in [0.5, 0.6) is 5.75 Å². The molecule has 0 atom stereocenters. The first-order valence-corrected chi connectivity index (χ1v) is 7.85. The SMILES string of the molecule is COC(=O)c1cccc(NC(=O)CN(C(C)=O)c2ccccc2OC)c1. The molecular weight excluding hydrogens is 336 g/mol. The minimum atomic E-state index is -0.500. The van der Waals surface area contributed by atoms with E-state index in [1.165, 1.54) is 32.1 Å². The van der Waals surface area contributed by atoms with Gasteiger partial charge in [-0.25, -0.2) is 4.79 Å². The van der Waals surface area contributed by atoms with E-state index in [1.807, 2.05) is 0 Å². The van der Waals surface area contributed by atoms with Gasteiger partial charge in [-0.05, 0) is 30.3 Å². The number of ether oxygens (including phenoxy) is 2. The van der Waals surface area contributed by atoms with Gasteiger partial charge in [0, 0.05) is 12.6 Å². The van der Waals surface area contributed by atoms with Crippen molar-refractivity contribution in [1.29, 1.82) is 0 Å². The number of esters is 1. The zero-order valence-corrected chi connectivity index (χ0v) is 14.8. The van der Waals surface area contributed by atoms with E-state index in [0.717, 1.165) is 0 Å². The molecule has 0 saturated carbocycles. The van der Waals surface area contributed by atoms with Crippen molar-refractivity contribution in [3.05, 3.63) is 54.1 Å². The molecule has 0 aliphatic rings. The highest BCUT2D eigenvalue weighted by molar-refractivity contribution is 6.03. The van der Waals surface area contributed by atoms with Gasteiger partial charge in [-0.1, -0.05) is 18.2 Å². The molecule has 0 fully saturated rings. The number of carbonyl (C=O) groups excluding carboxylic acids is 3. The quantitative estimate of drug-likeness (QED) is 0.804. The normalized spacial score (nSPS) is 9.96. The number of rotatable bonds is 6. The summed E-state index contributed by atoms with van der Waals surface area (Å²) in [5.41, 5.74) is 1.25. The van der Waals surface area contributed by atoms with Crippen molar-refractivity contribution in [3.8, 4) is 5.75 Å². The van der Waals surface area contributed by atoms with E-state index in [1.54, 1.807) is 42.5 Å². The molecule has 1 N–H and O–H groups in total. The molecule has 7 heteroatoms. The van der Waals surface area contributed by atoms with Crippen LogP contribution in [0.15, 0.2) is 48.5 Å². The first kappa shape index (κ1) is 19.0. The number of amides is 2. The first-order chi connectivity index (χ1) is 12.5. The highest BCUT2D eigenvalue weighted by Crippen LogP contribution is 2.27. The van der Waals surface area contributed by atoms with Gasteiger partial charge in [-0.2, -0.15) is 0 Å². The van der Waals surface area contributed by atoms with Crippen LogP contribution in [0.2, 0.25) is 0 Å². The van der Waals surface area contributed by atoms with Crippen LogP contribution >= 0.6 is 0 Å². The molecule has 0 radical (unpaired) electrons. The zero-order chi connectivity index (χ0) is 19.1. The van der Waals surface area contributed by atoms with Crippen molar-refractivity contribution in [2.24, 2.45) is 0 Å². The van der Waals surface area contributed by atoms with E-state index >= 15 is 0 Å². The molecule has 0 bridgehead atoms. The monoisotopic (exact) mass is 356 g/mol. The number of benzene rings is 2. The molecule has 2 rings (SSSR count). The molecular formula is C19H20N2O5. The molecule has 7 nitrogen and oxygen atoms in total. The smallest absolute Gasteiger partial charge is 0.337 e. The van der Waals surface area contributed by atoms with Crippen LogP contribution in [0.25, 0.3) is 0 Å². The number of hydrogen-bond acceptors (Lipinski definition) is 5. The zero-order valence-electron chi connectivity index (χ0n) is 14.8. The van der Waals surface area contributed by atoms with Crippen LogP contribution < -0.4 is 15.0 Å². The maximum Gasteiger partial charge on any atom is 0.337 e. The third kappa shape index (κ3) is 4.60. The number of para-hydroxylation sites is 2. The summed E-state index contributed by atoms with van der Waals surface area (Å²) in [6.07, 6.45) is 0. The average molecular weight is 356 g/mol. The molecule has 0 spiro atoms. The number of anilines is 2. The predicted octanol–water partition coefficient (Wildman–Crippen LogP) is 2.47.